The van der Waals surface area contributed by atoms with E-state index in [-0.39, 0.29) is 18.4 Å². The van der Waals surface area contributed by atoms with Crippen molar-refractivity contribution in [3.8, 4) is 0 Å². The number of carboxylic acid groups (broad SMARTS) is 1. The zero-order valence-corrected chi connectivity index (χ0v) is 16.6. The molecule has 3 rings (SSSR count). The number of benzene rings is 2. The predicted molar refractivity (Wildman–Crippen MR) is 108 cm³/mol. The molecule has 0 saturated carbocycles. The molecule has 27 heavy (non-hydrogen) atoms. The van der Waals surface area contributed by atoms with Crippen molar-refractivity contribution in [1.29, 1.82) is 0 Å². The number of amides is 1. The van der Waals surface area contributed by atoms with E-state index >= 15 is 0 Å². The van der Waals surface area contributed by atoms with E-state index in [9.17, 15) is 9.59 Å². The number of aliphatic carboxylic acids is 1. The van der Waals surface area contributed by atoms with Gasteiger partial charge in [0.05, 0.1) is 5.56 Å². The number of carboxylic acids is 1. The van der Waals surface area contributed by atoms with Crippen molar-refractivity contribution >= 4 is 27.8 Å². The fraction of sp³-hybridized carbons (Fsp3) is 0.333. The highest BCUT2D eigenvalue weighted by molar-refractivity contribution is 9.10. The lowest BCUT2D eigenvalue weighted by Crippen LogP contribution is -2.49. The summed E-state index contributed by atoms with van der Waals surface area (Å²) in [6.45, 7) is 2.73. The fourth-order valence-electron chi connectivity index (χ4n) is 3.54. The number of nitrogens with zero attached hydrogens (tertiary/aromatic N) is 2. The lowest BCUT2D eigenvalue weighted by molar-refractivity contribution is -0.137. The van der Waals surface area contributed by atoms with Crippen molar-refractivity contribution in [3.63, 3.8) is 0 Å². The summed E-state index contributed by atoms with van der Waals surface area (Å²) in [7, 11) is 0. The van der Waals surface area contributed by atoms with Crippen LogP contribution in [-0.2, 0) is 4.79 Å². The number of piperazine rings is 1. The van der Waals surface area contributed by atoms with E-state index in [0.717, 1.165) is 23.1 Å². The number of hydrogen-bond donors (Lipinski definition) is 1. The monoisotopic (exact) mass is 430 g/mol. The highest BCUT2D eigenvalue weighted by atomic mass is 79.9. The standard InChI is InChI=1S/C21H23BrN2O3/c22-18-9-5-4-8-17(18)21(27)24-14-12-23(13-15-24)19(10-11-20(25)26)16-6-2-1-3-7-16/h1-9,19H,10-15H2,(H,25,26)/t19-/m0/s1. The topological polar surface area (TPSA) is 60.9 Å². The molecule has 0 bridgehead atoms. The molecule has 1 fully saturated rings. The Bertz CT molecular complexity index is 789. The van der Waals surface area contributed by atoms with E-state index in [2.05, 4.69) is 20.8 Å². The minimum absolute atomic E-state index is 0.0314. The number of carbonyl (C=O) groups is 2. The maximum atomic E-state index is 12.8. The van der Waals surface area contributed by atoms with Crippen LogP contribution in [0.25, 0.3) is 0 Å². The minimum atomic E-state index is -0.779. The molecule has 1 aliphatic rings. The lowest BCUT2D eigenvalue weighted by atomic mass is 9.99. The Morgan fingerprint density at radius 3 is 2.22 bits per heavy atom. The number of halogens is 1. The van der Waals surface area contributed by atoms with Crippen molar-refractivity contribution in [2.24, 2.45) is 0 Å². The van der Waals surface area contributed by atoms with Crippen molar-refractivity contribution in [2.45, 2.75) is 18.9 Å². The first-order chi connectivity index (χ1) is 13.1. The van der Waals surface area contributed by atoms with E-state index in [1.165, 1.54) is 0 Å². The highest BCUT2D eigenvalue weighted by Gasteiger charge is 2.28. The molecule has 1 amide bonds. The van der Waals surface area contributed by atoms with Crippen LogP contribution in [0, 0.1) is 0 Å². The normalized spacial score (nSPS) is 16.1. The first kappa shape index (κ1) is 19.6. The van der Waals surface area contributed by atoms with Gasteiger partial charge in [-0.2, -0.15) is 0 Å². The Morgan fingerprint density at radius 1 is 0.963 bits per heavy atom. The second kappa shape index (κ2) is 9.15. The third-order valence-electron chi connectivity index (χ3n) is 4.96. The fourth-order valence-corrected chi connectivity index (χ4v) is 3.99. The summed E-state index contributed by atoms with van der Waals surface area (Å²) >= 11 is 3.45. The lowest BCUT2D eigenvalue weighted by Gasteiger charge is -2.39. The molecule has 0 aromatic heterocycles. The van der Waals surface area contributed by atoms with Gasteiger partial charge in [0.15, 0.2) is 0 Å². The molecule has 5 nitrogen and oxygen atoms in total. The smallest absolute Gasteiger partial charge is 0.303 e. The van der Waals surface area contributed by atoms with Gasteiger partial charge in [-0.15, -0.1) is 0 Å². The van der Waals surface area contributed by atoms with Crippen LogP contribution in [-0.4, -0.2) is 53.0 Å². The van der Waals surface area contributed by atoms with Crippen LogP contribution in [0.5, 0.6) is 0 Å². The molecular formula is C21H23BrN2O3. The maximum Gasteiger partial charge on any atom is 0.303 e. The Morgan fingerprint density at radius 2 is 1.59 bits per heavy atom. The van der Waals surface area contributed by atoms with Gasteiger partial charge in [0, 0.05) is 43.1 Å². The zero-order valence-electron chi connectivity index (χ0n) is 15.1. The summed E-state index contributed by atoms with van der Waals surface area (Å²) in [5, 5.41) is 9.10. The second-order valence-corrected chi connectivity index (χ2v) is 7.52. The van der Waals surface area contributed by atoms with Crippen LogP contribution in [0.15, 0.2) is 59.1 Å². The van der Waals surface area contributed by atoms with Gasteiger partial charge in [0.2, 0.25) is 0 Å². The predicted octanol–water partition coefficient (Wildman–Crippen LogP) is 3.81. The second-order valence-electron chi connectivity index (χ2n) is 6.67. The molecule has 2 aromatic rings. The number of carbonyl (C=O) groups excluding carboxylic acids is 1. The average molecular weight is 431 g/mol. The average Bonchev–Trinajstić information content (AvgIpc) is 2.69. The molecule has 1 N–H and O–H groups in total. The largest absolute Gasteiger partial charge is 0.481 e. The van der Waals surface area contributed by atoms with Gasteiger partial charge in [-0.25, -0.2) is 0 Å². The van der Waals surface area contributed by atoms with Crippen LogP contribution < -0.4 is 0 Å². The first-order valence-corrected chi connectivity index (χ1v) is 9.90. The molecule has 0 aliphatic carbocycles. The van der Waals surface area contributed by atoms with E-state index in [4.69, 9.17) is 5.11 Å². The molecule has 1 heterocycles. The summed E-state index contributed by atoms with van der Waals surface area (Å²) in [6.07, 6.45) is 0.702. The Kier molecular flexibility index (Phi) is 6.63. The van der Waals surface area contributed by atoms with Gasteiger partial charge in [0.25, 0.3) is 5.91 Å². The molecule has 1 aliphatic heterocycles. The van der Waals surface area contributed by atoms with E-state index in [0.29, 0.717) is 25.1 Å². The summed E-state index contributed by atoms with van der Waals surface area (Å²) in [5.41, 5.74) is 1.81. The number of rotatable bonds is 6. The van der Waals surface area contributed by atoms with Gasteiger partial charge in [-0.3, -0.25) is 14.5 Å². The molecule has 0 spiro atoms. The van der Waals surface area contributed by atoms with Crippen molar-refractivity contribution in [3.05, 3.63) is 70.2 Å². The van der Waals surface area contributed by atoms with E-state index in [1.54, 1.807) is 0 Å². The molecule has 142 valence electrons. The van der Waals surface area contributed by atoms with Crippen molar-refractivity contribution in [1.82, 2.24) is 9.80 Å². The summed E-state index contributed by atoms with van der Waals surface area (Å²) < 4.78 is 0.807. The van der Waals surface area contributed by atoms with E-state index < -0.39 is 5.97 Å². The SMILES string of the molecule is O=C(O)CC[C@@H](c1ccccc1)N1CCN(C(=O)c2ccccc2Br)CC1. The highest BCUT2D eigenvalue weighted by Crippen LogP contribution is 2.27. The summed E-state index contributed by atoms with van der Waals surface area (Å²) in [5.74, 6) is -0.748. The van der Waals surface area contributed by atoms with Crippen LogP contribution in [0.2, 0.25) is 0 Å². The van der Waals surface area contributed by atoms with Crippen molar-refractivity contribution in [2.75, 3.05) is 26.2 Å². The molecule has 0 radical (unpaired) electrons. The van der Waals surface area contributed by atoms with E-state index in [1.807, 2.05) is 59.5 Å². The third-order valence-corrected chi connectivity index (χ3v) is 5.65. The molecular weight excluding hydrogens is 408 g/mol. The van der Waals surface area contributed by atoms with Gasteiger partial charge < -0.3 is 10.0 Å². The third kappa shape index (κ3) is 4.96. The molecule has 1 saturated heterocycles. The van der Waals surface area contributed by atoms with Crippen molar-refractivity contribution < 1.29 is 14.7 Å². The Labute approximate surface area is 167 Å². The summed E-state index contributed by atoms with van der Waals surface area (Å²) in [6, 6.07) is 17.5. The van der Waals surface area contributed by atoms with Gasteiger partial charge in [-0.05, 0) is 40.0 Å². The van der Waals surface area contributed by atoms with Crippen LogP contribution in [0.4, 0.5) is 0 Å². The van der Waals surface area contributed by atoms with Gasteiger partial charge in [0.1, 0.15) is 0 Å². The van der Waals surface area contributed by atoms with Crippen LogP contribution in [0.3, 0.4) is 0 Å². The molecule has 1 atom stereocenters. The summed E-state index contributed by atoms with van der Waals surface area (Å²) in [4.78, 5) is 28.0. The minimum Gasteiger partial charge on any atom is -0.481 e. The maximum absolute atomic E-state index is 12.8. The molecule has 6 heteroatoms. The first-order valence-electron chi connectivity index (χ1n) is 9.11. The van der Waals surface area contributed by atoms with Gasteiger partial charge >= 0.3 is 5.97 Å². The Balaban J connectivity index is 1.67. The number of hydrogen-bond acceptors (Lipinski definition) is 3. The quantitative estimate of drug-likeness (QED) is 0.756. The Hall–Kier alpha value is -2.18. The van der Waals surface area contributed by atoms with Gasteiger partial charge in [-0.1, -0.05) is 42.5 Å². The van der Waals surface area contributed by atoms with Crippen LogP contribution in [0.1, 0.15) is 34.8 Å². The molecule has 2 aromatic carbocycles. The molecule has 0 unspecified atom stereocenters. The van der Waals surface area contributed by atoms with Crippen LogP contribution >= 0.6 is 15.9 Å². The zero-order chi connectivity index (χ0) is 19.2.